The maximum Gasteiger partial charge on any atom is 0.331 e. The fourth-order valence-corrected chi connectivity index (χ4v) is 4.00. The van der Waals surface area contributed by atoms with E-state index in [0.717, 1.165) is 6.92 Å². The number of hydrogen-bond acceptors (Lipinski definition) is 14. The van der Waals surface area contributed by atoms with Crippen LogP contribution in [0.1, 0.15) is 6.92 Å². The van der Waals surface area contributed by atoms with E-state index in [-0.39, 0.29) is 0 Å². The van der Waals surface area contributed by atoms with Gasteiger partial charge < -0.3 is 61.2 Å². The lowest BCUT2D eigenvalue weighted by Gasteiger charge is -2.54. The summed E-state index contributed by atoms with van der Waals surface area (Å²) in [5.41, 5.74) is 5.11. The number of nitrogens with two attached hydrogens (primary N) is 1. The topological polar surface area (TPSA) is 276 Å². The van der Waals surface area contributed by atoms with Crippen LogP contribution in [0.15, 0.2) is 0 Å². The maximum absolute atomic E-state index is 12.5. The molecule has 2 aliphatic rings. The molecule has 11 atom stereocenters. The molecule has 2 saturated heterocycles. The molecule has 0 aliphatic carbocycles. The lowest BCUT2D eigenvalue weighted by Crippen LogP contribution is -2.80. The largest absolute Gasteiger partial charge is 0.480 e. The average molecular weight is 485 g/mol. The number of aliphatic carboxylic acids is 1. The fraction of sp³-hybridized carbons (Fsp3) is 0.882. The highest BCUT2D eigenvalue weighted by Gasteiger charge is 2.63. The molecule has 1 amide bonds. The van der Waals surface area contributed by atoms with Gasteiger partial charge in [-0.15, -0.1) is 0 Å². The second kappa shape index (κ2) is 10.8. The standard InChI is InChI=1S/C17H31N3O13/c1-5(24)19-20(15-8(18)11(27)9(25)7(3-22)33-15)17(4-23,16(30)31)14-13(29)12(28)10(26)6(2-21)32-14/h6-15,21-23,25-29H,2-4,18H2,1H3,(H,19,24)(H,30,31)/t6-,7-,8-,9-,10-,11-,12+,13-,14?,15?,17-/m1/s1. The Balaban J connectivity index is 2.65. The molecule has 16 heteroatoms. The van der Waals surface area contributed by atoms with Crippen molar-refractivity contribution in [3.05, 3.63) is 0 Å². The van der Waals surface area contributed by atoms with Gasteiger partial charge in [0.15, 0.2) is 5.54 Å². The van der Waals surface area contributed by atoms with Crippen molar-refractivity contribution in [2.45, 2.75) is 73.6 Å². The molecule has 0 aromatic carbocycles. The predicted molar refractivity (Wildman–Crippen MR) is 103 cm³/mol. The molecule has 2 rings (SSSR count). The van der Waals surface area contributed by atoms with Crippen molar-refractivity contribution in [3.63, 3.8) is 0 Å². The number of nitrogens with one attached hydrogen (secondary N) is 1. The van der Waals surface area contributed by atoms with Crippen LogP contribution in [0.2, 0.25) is 0 Å². The van der Waals surface area contributed by atoms with Gasteiger partial charge >= 0.3 is 5.97 Å². The zero-order chi connectivity index (χ0) is 25.2. The third-order valence-electron chi connectivity index (χ3n) is 5.89. The molecule has 33 heavy (non-hydrogen) atoms. The zero-order valence-corrected chi connectivity index (χ0v) is 17.6. The van der Waals surface area contributed by atoms with Crippen molar-refractivity contribution in [2.24, 2.45) is 5.73 Å². The predicted octanol–water partition coefficient (Wildman–Crippen LogP) is -7.24. The minimum Gasteiger partial charge on any atom is -0.480 e. The van der Waals surface area contributed by atoms with Crippen molar-refractivity contribution in [2.75, 3.05) is 19.8 Å². The number of rotatable bonds is 8. The number of carbonyl (C=O) groups excluding carboxylic acids is 1. The summed E-state index contributed by atoms with van der Waals surface area (Å²) < 4.78 is 10.8. The number of aliphatic hydroxyl groups excluding tert-OH is 8. The van der Waals surface area contributed by atoms with E-state index in [2.05, 4.69) is 5.43 Å². The van der Waals surface area contributed by atoms with Gasteiger partial charge in [0.25, 0.3) is 0 Å². The van der Waals surface area contributed by atoms with E-state index in [1.807, 2.05) is 0 Å². The Hall–Kier alpha value is -1.54. The number of carbonyl (C=O) groups is 2. The first-order valence-corrected chi connectivity index (χ1v) is 9.98. The number of amides is 1. The Labute approximate surface area is 187 Å². The van der Waals surface area contributed by atoms with Crippen LogP contribution >= 0.6 is 0 Å². The van der Waals surface area contributed by atoms with Gasteiger partial charge in [-0.25, -0.2) is 4.79 Å². The van der Waals surface area contributed by atoms with Crippen LogP contribution in [-0.2, 0) is 19.1 Å². The lowest BCUT2D eigenvalue weighted by atomic mass is 9.81. The highest BCUT2D eigenvalue weighted by Crippen LogP contribution is 2.35. The molecule has 0 aromatic rings. The summed E-state index contributed by atoms with van der Waals surface area (Å²) in [6, 6.07) is -1.63. The number of carboxylic acid groups (broad SMARTS) is 1. The summed E-state index contributed by atoms with van der Waals surface area (Å²) in [6.45, 7) is -2.23. The van der Waals surface area contributed by atoms with E-state index in [1.54, 1.807) is 0 Å². The van der Waals surface area contributed by atoms with Crippen LogP contribution in [0, 0.1) is 0 Å². The first-order valence-electron chi connectivity index (χ1n) is 9.98. The van der Waals surface area contributed by atoms with Gasteiger partial charge in [0.1, 0.15) is 55.1 Å². The van der Waals surface area contributed by atoms with E-state index < -0.39 is 98.3 Å². The molecule has 2 fully saturated rings. The molecule has 192 valence electrons. The molecule has 2 heterocycles. The van der Waals surface area contributed by atoms with Crippen LogP contribution in [0.4, 0.5) is 0 Å². The monoisotopic (exact) mass is 485 g/mol. The zero-order valence-electron chi connectivity index (χ0n) is 17.6. The van der Waals surface area contributed by atoms with Crippen LogP contribution in [0.3, 0.4) is 0 Å². The molecule has 0 aromatic heterocycles. The summed E-state index contributed by atoms with van der Waals surface area (Å²) in [5.74, 6) is -2.85. The third-order valence-corrected chi connectivity index (χ3v) is 5.89. The molecule has 0 radical (unpaired) electrons. The van der Waals surface area contributed by atoms with E-state index in [4.69, 9.17) is 15.2 Å². The van der Waals surface area contributed by atoms with E-state index in [0.29, 0.717) is 5.01 Å². The smallest absolute Gasteiger partial charge is 0.331 e. The number of carboxylic acids is 1. The Morgan fingerprint density at radius 2 is 1.42 bits per heavy atom. The van der Waals surface area contributed by atoms with Gasteiger partial charge in [0, 0.05) is 6.92 Å². The Morgan fingerprint density at radius 1 is 0.909 bits per heavy atom. The van der Waals surface area contributed by atoms with Gasteiger partial charge in [0.05, 0.1) is 25.9 Å². The second-order valence-corrected chi connectivity index (χ2v) is 7.98. The van der Waals surface area contributed by atoms with Crippen molar-refractivity contribution in [3.8, 4) is 0 Å². The van der Waals surface area contributed by atoms with Gasteiger partial charge in [-0.2, -0.15) is 5.01 Å². The number of ether oxygens (including phenoxy) is 2. The van der Waals surface area contributed by atoms with E-state index in [1.165, 1.54) is 0 Å². The highest BCUT2D eigenvalue weighted by molar-refractivity contribution is 5.81. The number of nitrogens with zero attached hydrogens (tertiary/aromatic N) is 1. The first-order chi connectivity index (χ1) is 15.4. The van der Waals surface area contributed by atoms with Crippen molar-refractivity contribution in [1.82, 2.24) is 10.4 Å². The van der Waals surface area contributed by atoms with Crippen molar-refractivity contribution < 1.29 is 65.0 Å². The summed E-state index contributed by atoms with van der Waals surface area (Å²) >= 11 is 0. The average Bonchev–Trinajstić information content (AvgIpc) is 2.77. The summed E-state index contributed by atoms with van der Waals surface area (Å²) in [4.78, 5) is 24.5. The summed E-state index contributed by atoms with van der Waals surface area (Å²) in [6.07, 6.45) is -16.6. The van der Waals surface area contributed by atoms with Crippen LogP contribution < -0.4 is 11.2 Å². The summed E-state index contributed by atoms with van der Waals surface area (Å²) in [7, 11) is 0. The van der Waals surface area contributed by atoms with Crippen LogP contribution in [0.25, 0.3) is 0 Å². The van der Waals surface area contributed by atoms with Gasteiger partial charge in [-0.3, -0.25) is 10.2 Å². The number of hydrazine groups is 1. The highest BCUT2D eigenvalue weighted by atomic mass is 16.6. The van der Waals surface area contributed by atoms with Crippen molar-refractivity contribution in [1.29, 1.82) is 0 Å². The maximum atomic E-state index is 12.5. The van der Waals surface area contributed by atoms with Crippen LogP contribution in [0.5, 0.6) is 0 Å². The SMILES string of the molecule is CC(=O)NN(C1O[C@H](CO)[C@@H](O)[C@H](O)[C@H]1N)[C@@](CO)(C(=O)O)C1O[C@H](CO)[C@@H](O)[C@H](O)[C@H]1O. The third kappa shape index (κ3) is 4.83. The second-order valence-electron chi connectivity index (χ2n) is 7.98. The number of hydrogen-bond donors (Lipinski definition) is 11. The van der Waals surface area contributed by atoms with Gasteiger partial charge in [0.2, 0.25) is 5.91 Å². The Kier molecular flexibility index (Phi) is 9.07. The normalized spacial score (nSPS) is 41.4. The minimum absolute atomic E-state index is 0.437. The van der Waals surface area contributed by atoms with Crippen LogP contribution in [-0.4, -0.2) is 149 Å². The molecule has 0 saturated carbocycles. The summed E-state index contributed by atoms with van der Waals surface area (Å²) in [5, 5.41) is 90.8. The quantitative estimate of drug-likeness (QED) is 0.142. The molecule has 16 nitrogen and oxygen atoms in total. The molecule has 0 spiro atoms. The molecular formula is C17H31N3O13. The Bertz CT molecular complexity index is 697. The fourth-order valence-electron chi connectivity index (χ4n) is 4.00. The van der Waals surface area contributed by atoms with Gasteiger partial charge in [-0.1, -0.05) is 0 Å². The molecular weight excluding hydrogens is 454 g/mol. The van der Waals surface area contributed by atoms with E-state index in [9.17, 15) is 55.5 Å². The lowest BCUT2D eigenvalue weighted by molar-refractivity contribution is -0.298. The Morgan fingerprint density at radius 3 is 1.88 bits per heavy atom. The van der Waals surface area contributed by atoms with E-state index >= 15 is 0 Å². The molecule has 12 N–H and O–H groups in total. The molecule has 2 unspecified atom stereocenters. The number of aliphatic hydroxyl groups is 8. The first kappa shape index (κ1) is 27.7. The minimum atomic E-state index is -2.88. The molecule has 2 aliphatic heterocycles. The molecule has 0 bridgehead atoms. The van der Waals surface area contributed by atoms with Crippen molar-refractivity contribution >= 4 is 11.9 Å². The van der Waals surface area contributed by atoms with Gasteiger partial charge in [-0.05, 0) is 0 Å².